The van der Waals surface area contributed by atoms with Crippen LogP contribution in [0.3, 0.4) is 0 Å². The van der Waals surface area contributed by atoms with Crippen molar-refractivity contribution in [3.8, 4) is 0 Å². The molecular weight excluding hydrogens is 200 g/mol. The number of hydrogen-bond donors (Lipinski definition) is 4. The van der Waals surface area contributed by atoms with Crippen LogP contribution >= 0.6 is 0 Å². The third-order valence-corrected chi connectivity index (χ3v) is 1.57. The van der Waals surface area contributed by atoms with E-state index in [1.54, 1.807) is 13.8 Å². The first-order valence-corrected chi connectivity index (χ1v) is 4.98. The van der Waals surface area contributed by atoms with Gasteiger partial charge in [0, 0.05) is 6.61 Å². The first-order chi connectivity index (χ1) is 6.74. The second-order valence-electron chi connectivity index (χ2n) is 3.93. The zero-order valence-corrected chi connectivity index (χ0v) is 9.60. The molecule has 1 atom stereocenters. The molecule has 0 aliphatic carbocycles. The summed E-state index contributed by atoms with van der Waals surface area (Å²) in [5, 5.41) is 33.7. The van der Waals surface area contributed by atoms with Crippen LogP contribution in [0.25, 0.3) is 0 Å². The van der Waals surface area contributed by atoms with Gasteiger partial charge in [0.15, 0.2) is 6.10 Å². The average molecular weight is 222 g/mol. The van der Waals surface area contributed by atoms with Crippen LogP contribution < -0.4 is 0 Å². The largest absolute Gasteiger partial charge is 0.479 e. The molecule has 0 aliphatic rings. The summed E-state index contributed by atoms with van der Waals surface area (Å²) in [6.07, 6.45) is 0.329. The molecule has 0 aliphatic heterocycles. The van der Waals surface area contributed by atoms with E-state index in [0.717, 1.165) is 0 Å². The van der Waals surface area contributed by atoms with Crippen molar-refractivity contribution in [3.05, 3.63) is 0 Å². The molecule has 4 N–H and O–H groups in total. The number of carbonyl (C=O) groups is 1. The highest BCUT2D eigenvalue weighted by atomic mass is 16.4. The van der Waals surface area contributed by atoms with E-state index < -0.39 is 17.7 Å². The van der Waals surface area contributed by atoms with E-state index in [9.17, 15) is 4.79 Å². The summed E-state index contributed by atoms with van der Waals surface area (Å²) in [6, 6.07) is 0. The molecule has 0 radical (unpaired) electrons. The summed E-state index contributed by atoms with van der Waals surface area (Å²) in [7, 11) is 0. The fraction of sp³-hybridized carbons (Fsp3) is 0.900. The molecule has 0 rings (SSSR count). The summed E-state index contributed by atoms with van der Waals surface area (Å²) in [5.74, 6) is -1.13. The minimum atomic E-state index is -1.17. The van der Waals surface area contributed by atoms with Crippen molar-refractivity contribution in [1.82, 2.24) is 0 Å². The topological polar surface area (TPSA) is 98.0 Å². The van der Waals surface area contributed by atoms with Gasteiger partial charge in [0.25, 0.3) is 0 Å². The van der Waals surface area contributed by atoms with Crippen LogP contribution in [0.5, 0.6) is 0 Å². The molecule has 0 fully saturated rings. The van der Waals surface area contributed by atoms with Crippen molar-refractivity contribution in [2.24, 2.45) is 0 Å². The maximum absolute atomic E-state index is 9.84. The van der Waals surface area contributed by atoms with Gasteiger partial charge in [-0.15, -0.1) is 0 Å². The van der Waals surface area contributed by atoms with E-state index in [1.165, 1.54) is 0 Å². The number of aliphatic carboxylic acids is 1. The van der Waals surface area contributed by atoms with Gasteiger partial charge in [-0.1, -0.05) is 13.3 Å². The van der Waals surface area contributed by atoms with Crippen molar-refractivity contribution >= 4 is 5.97 Å². The lowest BCUT2D eigenvalue weighted by Gasteiger charge is -2.13. The van der Waals surface area contributed by atoms with Gasteiger partial charge in [0.2, 0.25) is 0 Å². The zero-order chi connectivity index (χ0) is 12.5. The monoisotopic (exact) mass is 222 g/mol. The third-order valence-electron chi connectivity index (χ3n) is 1.57. The van der Waals surface area contributed by atoms with Gasteiger partial charge in [0.1, 0.15) is 0 Å². The van der Waals surface area contributed by atoms with Crippen molar-refractivity contribution in [2.45, 2.75) is 51.7 Å². The van der Waals surface area contributed by atoms with Crippen molar-refractivity contribution in [3.63, 3.8) is 0 Å². The van der Waals surface area contributed by atoms with Gasteiger partial charge < -0.3 is 20.4 Å². The number of aliphatic hydroxyl groups is 3. The molecule has 0 amide bonds. The fourth-order valence-electron chi connectivity index (χ4n) is 0.671. The SMILES string of the molecule is CC(C)(O)CCO.CCCC(O)C(=O)O. The lowest BCUT2D eigenvalue weighted by molar-refractivity contribution is -0.146. The van der Waals surface area contributed by atoms with Gasteiger partial charge in [-0.25, -0.2) is 4.79 Å². The summed E-state index contributed by atoms with van der Waals surface area (Å²) in [6.45, 7) is 5.22. The summed E-state index contributed by atoms with van der Waals surface area (Å²) in [4.78, 5) is 9.84. The highest BCUT2D eigenvalue weighted by molar-refractivity contribution is 5.71. The molecule has 0 aromatic carbocycles. The van der Waals surface area contributed by atoms with Crippen LogP contribution in [0.4, 0.5) is 0 Å². The Kier molecular flexibility index (Phi) is 9.66. The second-order valence-corrected chi connectivity index (χ2v) is 3.93. The number of hydrogen-bond acceptors (Lipinski definition) is 4. The predicted octanol–water partition coefficient (Wildman–Crippen LogP) is 0.372. The summed E-state index contributed by atoms with van der Waals surface area (Å²) >= 11 is 0. The maximum atomic E-state index is 9.84. The Bertz CT molecular complexity index is 162. The first kappa shape index (κ1) is 16.8. The van der Waals surface area contributed by atoms with Gasteiger partial charge in [0.05, 0.1) is 5.60 Å². The van der Waals surface area contributed by atoms with Crippen LogP contribution in [0.1, 0.15) is 40.0 Å². The highest BCUT2D eigenvalue weighted by Crippen LogP contribution is 2.04. The molecule has 0 saturated carbocycles. The second kappa shape index (κ2) is 8.64. The lowest BCUT2D eigenvalue weighted by Crippen LogP contribution is -2.19. The smallest absolute Gasteiger partial charge is 0.332 e. The highest BCUT2D eigenvalue weighted by Gasteiger charge is 2.10. The van der Waals surface area contributed by atoms with Crippen LogP contribution in [-0.2, 0) is 4.79 Å². The van der Waals surface area contributed by atoms with Crippen LogP contribution in [0.15, 0.2) is 0 Å². The van der Waals surface area contributed by atoms with Crippen LogP contribution in [0.2, 0.25) is 0 Å². The minimum Gasteiger partial charge on any atom is -0.479 e. The van der Waals surface area contributed by atoms with Gasteiger partial charge in [-0.3, -0.25) is 0 Å². The Morgan fingerprint density at radius 1 is 1.40 bits per heavy atom. The molecule has 0 spiro atoms. The van der Waals surface area contributed by atoms with Crippen LogP contribution in [-0.4, -0.2) is 44.7 Å². The van der Waals surface area contributed by atoms with E-state index in [-0.39, 0.29) is 6.61 Å². The molecule has 0 bridgehead atoms. The average Bonchev–Trinajstić information content (AvgIpc) is 2.03. The van der Waals surface area contributed by atoms with Crippen molar-refractivity contribution in [2.75, 3.05) is 6.61 Å². The summed E-state index contributed by atoms with van der Waals surface area (Å²) < 4.78 is 0. The van der Waals surface area contributed by atoms with E-state index in [0.29, 0.717) is 19.3 Å². The maximum Gasteiger partial charge on any atom is 0.332 e. The van der Waals surface area contributed by atoms with Gasteiger partial charge >= 0.3 is 5.97 Å². The molecule has 0 saturated heterocycles. The number of rotatable bonds is 5. The molecule has 0 aromatic rings. The normalized spacial score (nSPS) is 12.7. The van der Waals surface area contributed by atoms with Crippen molar-refractivity contribution < 1.29 is 25.2 Å². The van der Waals surface area contributed by atoms with Crippen molar-refractivity contribution in [1.29, 1.82) is 0 Å². The summed E-state index contributed by atoms with van der Waals surface area (Å²) in [5.41, 5.74) is -0.700. The number of carboxylic acid groups (broad SMARTS) is 1. The molecule has 92 valence electrons. The van der Waals surface area contributed by atoms with E-state index >= 15 is 0 Å². The van der Waals surface area contributed by atoms with Crippen LogP contribution in [0, 0.1) is 0 Å². The molecular formula is C10H22O5. The first-order valence-electron chi connectivity index (χ1n) is 4.98. The number of aliphatic hydroxyl groups excluding tert-OH is 2. The van der Waals surface area contributed by atoms with E-state index in [4.69, 9.17) is 20.4 Å². The molecule has 0 aromatic heterocycles. The molecule has 1 unspecified atom stereocenters. The Balaban J connectivity index is 0. The minimum absolute atomic E-state index is 0.0590. The Morgan fingerprint density at radius 3 is 1.93 bits per heavy atom. The molecule has 5 heteroatoms. The van der Waals surface area contributed by atoms with E-state index in [1.807, 2.05) is 6.92 Å². The Labute approximate surface area is 90.4 Å². The third kappa shape index (κ3) is 16.1. The quantitative estimate of drug-likeness (QED) is 0.539. The standard InChI is InChI=1S/C5H10O3.C5H12O2/c1-2-3-4(6)5(7)8;1-5(2,7)3-4-6/h4,6H,2-3H2,1H3,(H,7,8);6-7H,3-4H2,1-2H3. The van der Waals surface area contributed by atoms with Gasteiger partial charge in [-0.2, -0.15) is 0 Å². The zero-order valence-electron chi connectivity index (χ0n) is 9.60. The Hall–Kier alpha value is -0.650. The number of carboxylic acids is 1. The lowest BCUT2D eigenvalue weighted by atomic mass is 10.1. The predicted molar refractivity (Wildman–Crippen MR) is 56.6 cm³/mol. The van der Waals surface area contributed by atoms with Gasteiger partial charge in [-0.05, 0) is 26.7 Å². The Morgan fingerprint density at radius 2 is 1.87 bits per heavy atom. The molecule has 5 nitrogen and oxygen atoms in total. The fourth-order valence-corrected chi connectivity index (χ4v) is 0.671. The molecule has 0 heterocycles. The van der Waals surface area contributed by atoms with E-state index in [2.05, 4.69) is 0 Å². The molecule has 15 heavy (non-hydrogen) atoms.